The van der Waals surface area contributed by atoms with Crippen molar-refractivity contribution in [2.75, 3.05) is 13.1 Å². The highest BCUT2D eigenvalue weighted by Gasteiger charge is 2.25. The van der Waals surface area contributed by atoms with Crippen molar-refractivity contribution in [1.29, 1.82) is 0 Å². The van der Waals surface area contributed by atoms with E-state index in [2.05, 4.69) is 15.8 Å². The van der Waals surface area contributed by atoms with Gasteiger partial charge in [0.1, 0.15) is 6.23 Å². The Morgan fingerprint density at radius 2 is 2.33 bits per heavy atom. The highest BCUT2D eigenvalue weighted by Crippen LogP contribution is 2.15. The van der Waals surface area contributed by atoms with E-state index < -0.39 is 6.23 Å². The van der Waals surface area contributed by atoms with Crippen molar-refractivity contribution in [2.45, 2.75) is 13.2 Å². The molecule has 0 aromatic rings. The third kappa shape index (κ3) is 1.51. The summed E-state index contributed by atoms with van der Waals surface area (Å²) >= 11 is 0. The van der Waals surface area contributed by atoms with E-state index in [-0.39, 0.29) is 0 Å². The number of rotatable bonds is 2. The smallest absolute Gasteiger partial charge is 0.130 e. The highest BCUT2D eigenvalue weighted by molar-refractivity contribution is 7.18. The van der Waals surface area contributed by atoms with E-state index in [1.165, 1.54) is 0 Å². The first kappa shape index (κ1) is 7.20. The number of aliphatic hydroxyl groups excluding tert-OH is 1. The lowest BCUT2D eigenvalue weighted by Gasteiger charge is -2.39. The molecule has 0 radical (unpaired) electrons. The third-order valence-electron chi connectivity index (χ3n) is 1.62. The molecule has 1 heterocycles. The van der Waals surface area contributed by atoms with Crippen molar-refractivity contribution in [3.63, 3.8) is 0 Å². The fourth-order valence-corrected chi connectivity index (χ4v) is 1.28. The predicted octanol–water partition coefficient (Wildman–Crippen LogP) is 0.202. The van der Waals surface area contributed by atoms with Crippen molar-refractivity contribution in [2.24, 2.45) is 5.92 Å². The molecule has 1 N–H and O–H groups in total. The van der Waals surface area contributed by atoms with Gasteiger partial charge in [-0.3, -0.25) is 4.90 Å². The SMILES string of the molecule is CC1CN([C@@H](O)C=P)C1. The van der Waals surface area contributed by atoms with Crippen LogP contribution in [0.1, 0.15) is 6.92 Å². The van der Waals surface area contributed by atoms with Crippen molar-refractivity contribution in [3.05, 3.63) is 0 Å². The Morgan fingerprint density at radius 1 is 1.78 bits per heavy atom. The number of nitrogens with zero attached hydrogens (tertiary/aromatic N) is 1. The van der Waals surface area contributed by atoms with Crippen LogP contribution < -0.4 is 0 Å². The first-order valence-corrected chi connectivity index (χ1v) is 3.74. The van der Waals surface area contributed by atoms with Crippen molar-refractivity contribution >= 4 is 14.7 Å². The maximum atomic E-state index is 9.12. The molecular formula is C6H12NOP. The summed E-state index contributed by atoms with van der Waals surface area (Å²) in [6.07, 6.45) is -0.391. The largest absolute Gasteiger partial charge is 0.374 e. The standard InChI is InChI=1S/C6H12NOP/c1-5-2-7(3-5)6(8)4-9/h4-6,8-9H,2-3H2,1H3/t6-/m0/s1. The van der Waals surface area contributed by atoms with Gasteiger partial charge in [0.25, 0.3) is 0 Å². The molecule has 0 aromatic heterocycles. The van der Waals surface area contributed by atoms with Gasteiger partial charge < -0.3 is 5.11 Å². The van der Waals surface area contributed by atoms with Crippen LogP contribution in [0.4, 0.5) is 0 Å². The van der Waals surface area contributed by atoms with E-state index in [1.807, 2.05) is 4.90 Å². The molecule has 1 aliphatic rings. The molecule has 0 bridgehead atoms. The summed E-state index contributed by atoms with van der Waals surface area (Å²) in [4.78, 5) is 2.00. The normalized spacial score (nSPS) is 25.1. The van der Waals surface area contributed by atoms with E-state index in [0.29, 0.717) is 0 Å². The lowest BCUT2D eigenvalue weighted by Crippen LogP contribution is -2.51. The summed E-state index contributed by atoms with van der Waals surface area (Å²) in [7, 11) is 3.14. The molecule has 3 heteroatoms. The Labute approximate surface area is 57.7 Å². The molecule has 9 heavy (non-hydrogen) atoms. The van der Waals surface area contributed by atoms with Crippen LogP contribution in [0, 0.1) is 5.92 Å². The van der Waals surface area contributed by atoms with E-state index in [1.54, 1.807) is 5.80 Å². The van der Waals surface area contributed by atoms with E-state index >= 15 is 0 Å². The lowest BCUT2D eigenvalue weighted by atomic mass is 10.0. The van der Waals surface area contributed by atoms with Gasteiger partial charge in [0.05, 0.1) is 0 Å². The summed E-state index contributed by atoms with van der Waals surface area (Å²) < 4.78 is 0. The molecule has 1 fully saturated rings. The van der Waals surface area contributed by atoms with Crippen LogP contribution in [0.5, 0.6) is 0 Å². The fourth-order valence-electron chi connectivity index (χ4n) is 1.07. The van der Waals surface area contributed by atoms with Crippen LogP contribution >= 0.6 is 8.86 Å². The Hall–Kier alpha value is 0.0900. The minimum atomic E-state index is -0.391. The summed E-state index contributed by atoms with van der Waals surface area (Å²) in [6, 6.07) is 0. The molecule has 0 aliphatic carbocycles. The average molecular weight is 145 g/mol. The monoisotopic (exact) mass is 145 g/mol. The van der Waals surface area contributed by atoms with Gasteiger partial charge in [0.15, 0.2) is 0 Å². The molecule has 52 valence electrons. The Bertz CT molecular complexity index is 112. The maximum Gasteiger partial charge on any atom is 0.130 e. The summed E-state index contributed by atoms with van der Waals surface area (Å²) in [5.74, 6) is 2.37. The van der Waals surface area contributed by atoms with Gasteiger partial charge >= 0.3 is 0 Å². The maximum absolute atomic E-state index is 9.12. The van der Waals surface area contributed by atoms with Crippen LogP contribution in [0.3, 0.4) is 0 Å². The molecule has 1 aliphatic heterocycles. The van der Waals surface area contributed by atoms with E-state index in [9.17, 15) is 0 Å². The molecule has 1 rings (SSSR count). The third-order valence-corrected chi connectivity index (χ3v) is 1.91. The second-order valence-corrected chi connectivity index (χ2v) is 2.97. The summed E-state index contributed by atoms with van der Waals surface area (Å²) in [5.41, 5.74) is 0. The van der Waals surface area contributed by atoms with Crippen LogP contribution in [0.2, 0.25) is 0 Å². The number of hydrogen-bond acceptors (Lipinski definition) is 2. The number of hydrogen-bond donors (Lipinski definition) is 1. The second kappa shape index (κ2) is 2.78. The van der Waals surface area contributed by atoms with Gasteiger partial charge in [0, 0.05) is 13.1 Å². The van der Waals surface area contributed by atoms with Gasteiger partial charge in [-0.2, -0.15) is 0 Å². The van der Waals surface area contributed by atoms with Crippen LogP contribution in [0.15, 0.2) is 0 Å². The predicted molar refractivity (Wildman–Crippen MR) is 41.1 cm³/mol. The van der Waals surface area contributed by atoms with E-state index in [4.69, 9.17) is 5.11 Å². The summed E-state index contributed by atoms with van der Waals surface area (Å²) in [5, 5.41) is 9.12. The molecule has 1 atom stereocenters. The molecular weight excluding hydrogens is 133 g/mol. The van der Waals surface area contributed by atoms with Crippen molar-refractivity contribution in [3.8, 4) is 0 Å². The van der Waals surface area contributed by atoms with Gasteiger partial charge in [-0.05, 0) is 11.7 Å². The highest BCUT2D eigenvalue weighted by atomic mass is 31.0. The zero-order valence-corrected chi connectivity index (χ0v) is 6.54. The molecule has 2 nitrogen and oxygen atoms in total. The minimum Gasteiger partial charge on any atom is -0.374 e. The van der Waals surface area contributed by atoms with Gasteiger partial charge in [-0.25, -0.2) is 0 Å². The number of aliphatic hydroxyl groups is 1. The fraction of sp³-hybridized carbons (Fsp3) is 0.833. The van der Waals surface area contributed by atoms with Gasteiger partial charge in [-0.1, -0.05) is 6.92 Å². The van der Waals surface area contributed by atoms with Crippen LogP contribution in [-0.4, -0.2) is 35.1 Å². The average Bonchev–Trinajstić information content (AvgIpc) is 1.79. The topological polar surface area (TPSA) is 23.5 Å². The Morgan fingerprint density at radius 3 is 2.67 bits per heavy atom. The molecule has 0 unspecified atom stereocenters. The minimum absolute atomic E-state index is 0.391. The second-order valence-electron chi connectivity index (χ2n) is 2.64. The van der Waals surface area contributed by atoms with Crippen LogP contribution in [-0.2, 0) is 0 Å². The molecule has 0 aromatic carbocycles. The molecule has 0 amide bonds. The zero-order valence-electron chi connectivity index (χ0n) is 5.54. The Kier molecular flexibility index (Phi) is 2.23. The molecule has 1 saturated heterocycles. The molecule has 0 spiro atoms. The first-order chi connectivity index (χ1) is 4.24. The quantitative estimate of drug-likeness (QED) is 0.561. The lowest BCUT2D eigenvalue weighted by molar-refractivity contribution is -0.0143. The zero-order chi connectivity index (χ0) is 6.85. The van der Waals surface area contributed by atoms with E-state index in [0.717, 1.165) is 19.0 Å². The Balaban J connectivity index is 2.23. The molecule has 0 saturated carbocycles. The summed E-state index contributed by atoms with van der Waals surface area (Å²) in [6.45, 7) is 4.21. The van der Waals surface area contributed by atoms with Gasteiger partial charge in [0.2, 0.25) is 0 Å². The van der Waals surface area contributed by atoms with Crippen LogP contribution in [0.25, 0.3) is 0 Å². The number of likely N-dealkylation sites (tertiary alicyclic amines) is 1. The van der Waals surface area contributed by atoms with Crippen molar-refractivity contribution in [1.82, 2.24) is 4.90 Å². The van der Waals surface area contributed by atoms with Gasteiger partial charge in [-0.15, -0.1) is 8.86 Å². The first-order valence-electron chi connectivity index (χ1n) is 3.16. The van der Waals surface area contributed by atoms with Crippen molar-refractivity contribution < 1.29 is 5.11 Å².